The van der Waals surface area contributed by atoms with Gasteiger partial charge in [-0.05, 0) is 55.9 Å². The predicted molar refractivity (Wildman–Crippen MR) is 139 cm³/mol. The molecule has 0 unspecified atom stereocenters. The topological polar surface area (TPSA) is 118 Å². The molecule has 3 N–H and O–H groups in total. The number of nitrogens with one attached hydrogen (secondary N) is 2. The highest BCUT2D eigenvalue weighted by Gasteiger charge is 2.42. The van der Waals surface area contributed by atoms with Crippen molar-refractivity contribution >= 4 is 11.8 Å². The zero-order chi connectivity index (χ0) is 28.9. The van der Waals surface area contributed by atoms with Crippen LogP contribution in [0.25, 0.3) is 0 Å². The third kappa shape index (κ3) is 7.29. The summed E-state index contributed by atoms with van der Waals surface area (Å²) in [5.74, 6) is -1.23. The molecule has 218 valence electrons. The number of rotatable bonds is 9. The fourth-order valence-corrected chi connectivity index (χ4v) is 5.49. The van der Waals surface area contributed by atoms with E-state index in [-0.39, 0.29) is 30.3 Å². The summed E-state index contributed by atoms with van der Waals surface area (Å²) in [6.45, 7) is 3.26. The summed E-state index contributed by atoms with van der Waals surface area (Å²) < 4.78 is 45.6. The number of hydrogen-bond acceptors (Lipinski definition) is 6. The second-order valence-electron chi connectivity index (χ2n) is 10.5. The largest absolute Gasteiger partial charge is 0.619 e. The van der Waals surface area contributed by atoms with Gasteiger partial charge in [0.15, 0.2) is 12.4 Å². The number of halogens is 3. The van der Waals surface area contributed by atoms with Crippen molar-refractivity contribution in [3.8, 4) is 0 Å². The van der Waals surface area contributed by atoms with E-state index in [4.69, 9.17) is 4.74 Å². The van der Waals surface area contributed by atoms with E-state index >= 15 is 0 Å². The van der Waals surface area contributed by atoms with Crippen molar-refractivity contribution in [1.82, 2.24) is 15.5 Å². The van der Waals surface area contributed by atoms with Crippen molar-refractivity contribution in [1.29, 1.82) is 0 Å². The summed E-state index contributed by atoms with van der Waals surface area (Å²) in [6.07, 6.45) is 1.27. The molecule has 12 heteroatoms. The Morgan fingerprint density at radius 3 is 2.52 bits per heavy atom. The third-order valence-electron chi connectivity index (χ3n) is 7.68. The van der Waals surface area contributed by atoms with Crippen LogP contribution in [0.3, 0.4) is 0 Å². The van der Waals surface area contributed by atoms with Crippen LogP contribution in [0.4, 0.5) is 13.2 Å². The Kier molecular flexibility index (Phi) is 9.32. The number of hydrogen-bond donors (Lipinski definition) is 3. The van der Waals surface area contributed by atoms with E-state index in [1.165, 1.54) is 18.5 Å². The Bertz CT molecular complexity index is 1170. The van der Waals surface area contributed by atoms with Crippen molar-refractivity contribution < 1.29 is 37.3 Å². The lowest BCUT2D eigenvalue weighted by molar-refractivity contribution is -0.605. The van der Waals surface area contributed by atoms with Crippen molar-refractivity contribution in [2.24, 2.45) is 0 Å². The highest BCUT2D eigenvalue weighted by Crippen LogP contribution is 2.39. The monoisotopic (exact) mass is 564 g/mol. The molecule has 0 spiro atoms. The molecule has 0 radical (unpaired) electrons. The minimum atomic E-state index is -4.57. The average molecular weight is 565 g/mol. The number of pyridine rings is 1. The molecule has 1 aromatic carbocycles. The number of alkyl halides is 3. The molecule has 1 aliphatic carbocycles. The van der Waals surface area contributed by atoms with Gasteiger partial charge >= 0.3 is 6.18 Å². The van der Waals surface area contributed by atoms with Gasteiger partial charge in [-0.3, -0.25) is 14.5 Å². The van der Waals surface area contributed by atoms with Gasteiger partial charge in [0.1, 0.15) is 0 Å². The zero-order valence-electron chi connectivity index (χ0n) is 22.3. The van der Waals surface area contributed by atoms with Crippen LogP contribution < -0.4 is 15.4 Å². The Labute approximate surface area is 230 Å². The van der Waals surface area contributed by atoms with Gasteiger partial charge < -0.3 is 25.7 Å². The maximum atomic E-state index is 13.0. The minimum absolute atomic E-state index is 0.182. The van der Waals surface area contributed by atoms with Crippen molar-refractivity contribution in [3.63, 3.8) is 0 Å². The van der Waals surface area contributed by atoms with Crippen molar-refractivity contribution in [2.45, 2.75) is 69.0 Å². The molecule has 40 heavy (non-hydrogen) atoms. The predicted octanol–water partition coefficient (Wildman–Crippen LogP) is 2.49. The number of aliphatic hydroxyl groups is 1. The number of benzene rings is 1. The molecular formula is C28H35F3N4O5. The molecule has 9 nitrogen and oxygen atoms in total. The highest BCUT2D eigenvalue weighted by atomic mass is 19.4. The Hall–Kier alpha value is -3.22. The molecule has 2 heterocycles. The van der Waals surface area contributed by atoms with E-state index in [2.05, 4.69) is 15.5 Å². The lowest BCUT2D eigenvalue weighted by Crippen LogP contribution is -2.48. The van der Waals surface area contributed by atoms with E-state index in [0.717, 1.165) is 43.0 Å². The van der Waals surface area contributed by atoms with Crippen molar-refractivity contribution in [3.05, 3.63) is 70.7 Å². The summed E-state index contributed by atoms with van der Waals surface area (Å²) in [5.41, 5.74) is -1.39. The number of amides is 2. The molecule has 1 saturated carbocycles. The smallest absolute Gasteiger partial charge is 0.416 e. The number of ether oxygens (including phenoxy) is 1. The molecule has 2 fully saturated rings. The quantitative estimate of drug-likeness (QED) is 0.318. The van der Waals surface area contributed by atoms with Crippen LogP contribution in [-0.2, 0) is 21.3 Å². The third-order valence-corrected chi connectivity index (χ3v) is 7.68. The van der Waals surface area contributed by atoms with Gasteiger partial charge in [0.05, 0.1) is 29.9 Å². The van der Waals surface area contributed by atoms with Crippen LogP contribution in [0.5, 0.6) is 0 Å². The highest BCUT2D eigenvalue weighted by molar-refractivity contribution is 5.96. The van der Waals surface area contributed by atoms with Gasteiger partial charge in [-0.25, -0.2) is 0 Å². The summed E-state index contributed by atoms with van der Waals surface area (Å²) >= 11 is 0. The van der Waals surface area contributed by atoms with Gasteiger partial charge in [0, 0.05) is 43.4 Å². The Morgan fingerprint density at radius 1 is 1.18 bits per heavy atom. The van der Waals surface area contributed by atoms with Crippen LogP contribution in [0.2, 0.25) is 0 Å². The summed E-state index contributed by atoms with van der Waals surface area (Å²) in [7, 11) is 0. The molecule has 1 aromatic heterocycles. The lowest BCUT2D eigenvalue weighted by Gasteiger charge is -2.39. The van der Waals surface area contributed by atoms with E-state index in [0.29, 0.717) is 37.3 Å². The SMILES string of the molecule is CCCO[C@H]1CN(C2CCC(O)(c3cc[n+]([O-])cc3)CC2)C[C@@H]1NC(=O)CNC(=O)c1cccc(C(F)(F)F)c1. The number of nitrogens with zero attached hydrogens (tertiary/aromatic N) is 2. The summed E-state index contributed by atoms with van der Waals surface area (Å²) in [6, 6.07) is 7.19. The molecule has 2 atom stereocenters. The van der Waals surface area contributed by atoms with E-state index in [1.807, 2.05) is 6.92 Å². The first-order valence-corrected chi connectivity index (χ1v) is 13.5. The van der Waals surface area contributed by atoms with E-state index in [1.54, 1.807) is 12.1 Å². The first-order chi connectivity index (χ1) is 19.0. The van der Waals surface area contributed by atoms with Crippen LogP contribution in [0.15, 0.2) is 48.8 Å². The van der Waals surface area contributed by atoms with E-state index < -0.39 is 29.2 Å². The second kappa shape index (κ2) is 12.5. The Morgan fingerprint density at radius 2 is 1.88 bits per heavy atom. The lowest BCUT2D eigenvalue weighted by atomic mass is 9.77. The summed E-state index contributed by atoms with van der Waals surface area (Å²) in [4.78, 5) is 27.3. The van der Waals surface area contributed by atoms with Gasteiger partial charge in [0.25, 0.3) is 5.91 Å². The number of aromatic nitrogens is 1. The Balaban J connectivity index is 1.31. The number of likely N-dealkylation sites (tertiary alicyclic amines) is 1. The maximum absolute atomic E-state index is 13.0. The standard InChI is InChI=1S/C28H35F3N4O5/c1-2-14-40-24-18-34(22-6-10-27(38,11-7-22)20-8-12-35(39)13-9-20)17-23(24)33-25(36)16-32-26(37)19-4-3-5-21(15-19)28(29,30)31/h3-5,8-9,12-13,15,22-24,38H,2,6-7,10-11,14,16-18H2,1H3,(H,32,37)(H,33,36)/t22?,23-,24-,27?/m0/s1. The molecule has 0 bridgehead atoms. The van der Waals surface area contributed by atoms with E-state index in [9.17, 15) is 33.1 Å². The molecule has 1 aliphatic heterocycles. The van der Waals surface area contributed by atoms with Gasteiger partial charge in [0.2, 0.25) is 5.91 Å². The number of carbonyl (C=O) groups excluding carboxylic acids is 2. The number of carbonyl (C=O) groups is 2. The van der Waals surface area contributed by atoms with Crippen LogP contribution in [0, 0.1) is 5.21 Å². The molecule has 2 aromatic rings. The first-order valence-electron chi connectivity index (χ1n) is 13.5. The normalized spacial score (nSPS) is 25.5. The fourth-order valence-electron chi connectivity index (χ4n) is 5.49. The van der Waals surface area contributed by atoms with Crippen molar-refractivity contribution in [2.75, 3.05) is 26.2 Å². The molecular weight excluding hydrogens is 529 g/mol. The average Bonchev–Trinajstić information content (AvgIpc) is 3.33. The molecule has 1 saturated heterocycles. The zero-order valence-corrected chi connectivity index (χ0v) is 22.3. The summed E-state index contributed by atoms with van der Waals surface area (Å²) in [5, 5.41) is 27.8. The van der Waals surface area contributed by atoms with Gasteiger partial charge in [-0.15, -0.1) is 0 Å². The fraction of sp³-hybridized carbons (Fsp3) is 0.536. The molecule has 4 rings (SSSR count). The second-order valence-corrected chi connectivity index (χ2v) is 10.5. The van der Waals surface area contributed by atoms with Crippen LogP contribution in [-0.4, -0.2) is 66.2 Å². The van der Waals surface area contributed by atoms with Gasteiger partial charge in [-0.1, -0.05) is 13.0 Å². The van der Waals surface area contributed by atoms with Gasteiger partial charge in [-0.2, -0.15) is 17.9 Å². The van der Waals surface area contributed by atoms with Crippen LogP contribution >= 0.6 is 0 Å². The minimum Gasteiger partial charge on any atom is -0.619 e. The molecule has 2 amide bonds. The maximum Gasteiger partial charge on any atom is 0.416 e. The van der Waals surface area contributed by atoms with Crippen LogP contribution in [0.1, 0.15) is 60.5 Å². The molecule has 2 aliphatic rings. The first kappa shape index (κ1) is 29.8.